The molecule has 1 aliphatic rings. The molecule has 21 heavy (non-hydrogen) atoms. The molecule has 6 heteroatoms. The van der Waals surface area contributed by atoms with Gasteiger partial charge in [0.05, 0.1) is 0 Å². The highest BCUT2D eigenvalue weighted by atomic mass is 16.5. The van der Waals surface area contributed by atoms with Gasteiger partial charge in [0.1, 0.15) is 11.9 Å². The average molecular weight is 288 g/mol. The van der Waals surface area contributed by atoms with Crippen LogP contribution in [0.5, 0.6) is 28.7 Å². The number of benzene rings is 2. The number of hydrogen-bond acceptors (Lipinski definition) is 6. The number of ether oxygens (including phenoxy) is 1. The molecule has 2 aromatic carbocycles. The summed E-state index contributed by atoms with van der Waals surface area (Å²) in [6.45, 7) is 0. The van der Waals surface area contributed by atoms with Gasteiger partial charge in [0.2, 0.25) is 5.75 Å². The van der Waals surface area contributed by atoms with E-state index in [0.29, 0.717) is 11.1 Å². The third-order valence-electron chi connectivity index (χ3n) is 3.24. The molecule has 5 N–H and O–H groups in total. The molecule has 0 amide bonds. The van der Waals surface area contributed by atoms with Crippen LogP contribution in [-0.4, -0.2) is 25.5 Å². The fourth-order valence-electron chi connectivity index (χ4n) is 2.13. The number of phenolic OH excluding ortho intramolecular Hbond substituents is 4. The van der Waals surface area contributed by atoms with Gasteiger partial charge in [-0.05, 0) is 36.4 Å². The van der Waals surface area contributed by atoms with Crippen molar-refractivity contribution >= 4 is 5.76 Å². The quantitative estimate of drug-likeness (QED) is 0.513. The lowest BCUT2D eigenvalue weighted by Crippen LogP contribution is -2.08. The molecule has 1 atom stereocenters. The van der Waals surface area contributed by atoms with Gasteiger partial charge < -0.3 is 30.3 Å². The lowest BCUT2D eigenvalue weighted by Gasteiger charge is -2.23. The molecule has 0 aliphatic carbocycles. The Morgan fingerprint density at radius 2 is 1.57 bits per heavy atom. The van der Waals surface area contributed by atoms with Crippen molar-refractivity contribution < 1.29 is 30.3 Å². The Hall–Kier alpha value is -2.86. The van der Waals surface area contributed by atoms with Crippen LogP contribution in [0.15, 0.2) is 36.4 Å². The van der Waals surface area contributed by atoms with Gasteiger partial charge in [-0.25, -0.2) is 0 Å². The van der Waals surface area contributed by atoms with Crippen LogP contribution >= 0.6 is 0 Å². The number of phenols is 4. The van der Waals surface area contributed by atoms with Crippen molar-refractivity contribution in [1.82, 2.24) is 0 Å². The molecule has 0 saturated heterocycles. The minimum atomic E-state index is -1.04. The Labute approximate surface area is 119 Å². The van der Waals surface area contributed by atoms with E-state index >= 15 is 0 Å². The molecule has 0 aromatic heterocycles. The van der Waals surface area contributed by atoms with Crippen LogP contribution in [0.25, 0.3) is 5.76 Å². The summed E-state index contributed by atoms with van der Waals surface area (Å²) in [6, 6.07) is 6.72. The van der Waals surface area contributed by atoms with Crippen LogP contribution in [0.2, 0.25) is 0 Å². The normalized spacial score (nSPS) is 16.8. The Morgan fingerprint density at radius 1 is 0.857 bits per heavy atom. The van der Waals surface area contributed by atoms with Crippen LogP contribution in [0.4, 0.5) is 0 Å². The Kier molecular flexibility index (Phi) is 2.88. The first kappa shape index (κ1) is 13.1. The number of fused-ring (bicyclic) bond motifs is 1. The van der Waals surface area contributed by atoms with Crippen molar-refractivity contribution in [3.63, 3.8) is 0 Å². The molecule has 0 fully saturated rings. The highest BCUT2D eigenvalue weighted by Crippen LogP contribution is 2.46. The van der Waals surface area contributed by atoms with E-state index in [1.165, 1.54) is 36.4 Å². The van der Waals surface area contributed by atoms with Crippen LogP contribution in [0, 0.1) is 0 Å². The van der Waals surface area contributed by atoms with E-state index in [1.54, 1.807) is 0 Å². The third-order valence-corrected chi connectivity index (χ3v) is 3.24. The molecule has 3 rings (SSSR count). The Bertz CT molecular complexity index is 750. The SMILES string of the molecule is Oc1ccc(C2=CC(O)c3ccc(O)c(O)c3O2)cc1O. The van der Waals surface area contributed by atoms with Gasteiger partial charge in [-0.3, -0.25) is 0 Å². The lowest BCUT2D eigenvalue weighted by atomic mass is 10.0. The van der Waals surface area contributed by atoms with E-state index in [0.717, 1.165) is 0 Å². The minimum Gasteiger partial charge on any atom is -0.504 e. The summed E-state index contributed by atoms with van der Waals surface area (Å²) in [4.78, 5) is 0. The molecule has 108 valence electrons. The Balaban J connectivity index is 2.07. The first-order chi connectivity index (χ1) is 9.97. The van der Waals surface area contributed by atoms with E-state index in [9.17, 15) is 25.5 Å². The largest absolute Gasteiger partial charge is 0.504 e. The Morgan fingerprint density at radius 3 is 2.29 bits per heavy atom. The topological polar surface area (TPSA) is 110 Å². The molecule has 2 aromatic rings. The van der Waals surface area contributed by atoms with Crippen molar-refractivity contribution in [3.8, 4) is 28.7 Å². The van der Waals surface area contributed by atoms with E-state index in [-0.39, 0.29) is 28.8 Å². The summed E-state index contributed by atoms with van der Waals surface area (Å²) in [6.07, 6.45) is 0.358. The van der Waals surface area contributed by atoms with E-state index in [1.807, 2.05) is 0 Å². The summed E-state index contributed by atoms with van der Waals surface area (Å²) in [7, 11) is 0. The molecular weight excluding hydrogens is 276 g/mol. The molecular formula is C15H12O6. The second-order valence-electron chi connectivity index (χ2n) is 4.63. The summed E-state index contributed by atoms with van der Waals surface area (Å²) in [5.41, 5.74) is 0.717. The number of rotatable bonds is 1. The minimum absolute atomic E-state index is 0.0486. The fraction of sp³-hybridized carbons (Fsp3) is 0.0667. The maximum atomic E-state index is 10.1. The predicted octanol–water partition coefficient (Wildman–Crippen LogP) is 1.98. The summed E-state index contributed by atoms with van der Waals surface area (Å²) in [5.74, 6) is -1.32. The van der Waals surface area contributed by atoms with Crippen molar-refractivity contribution in [2.45, 2.75) is 6.10 Å². The monoisotopic (exact) mass is 288 g/mol. The van der Waals surface area contributed by atoms with E-state index in [4.69, 9.17) is 4.74 Å². The maximum Gasteiger partial charge on any atom is 0.201 e. The van der Waals surface area contributed by atoms with Crippen LogP contribution in [0.3, 0.4) is 0 Å². The first-order valence-corrected chi connectivity index (χ1v) is 6.12. The summed E-state index contributed by atoms with van der Waals surface area (Å²) >= 11 is 0. The molecule has 6 nitrogen and oxygen atoms in total. The molecule has 1 heterocycles. The second kappa shape index (κ2) is 4.60. The number of hydrogen-bond donors (Lipinski definition) is 5. The number of aliphatic hydroxyl groups excluding tert-OH is 1. The van der Waals surface area contributed by atoms with Gasteiger partial charge in [0.15, 0.2) is 23.0 Å². The first-order valence-electron chi connectivity index (χ1n) is 6.12. The zero-order valence-electron chi connectivity index (χ0n) is 10.7. The van der Waals surface area contributed by atoms with Gasteiger partial charge in [-0.2, -0.15) is 0 Å². The molecule has 1 aliphatic heterocycles. The third kappa shape index (κ3) is 2.11. The highest BCUT2D eigenvalue weighted by molar-refractivity contribution is 5.71. The molecule has 0 radical (unpaired) electrons. The van der Waals surface area contributed by atoms with Gasteiger partial charge >= 0.3 is 0 Å². The molecule has 0 bridgehead atoms. The second-order valence-corrected chi connectivity index (χ2v) is 4.63. The fourth-order valence-corrected chi connectivity index (χ4v) is 2.13. The smallest absolute Gasteiger partial charge is 0.201 e. The summed E-state index contributed by atoms with van der Waals surface area (Å²) < 4.78 is 5.49. The lowest BCUT2D eigenvalue weighted by molar-refractivity contribution is 0.214. The summed E-state index contributed by atoms with van der Waals surface area (Å²) in [5, 5.41) is 48.2. The average Bonchev–Trinajstić information content (AvgIpc) is 2.46. The molecule has 0 spiro atoms. The van der Waals surface area contributed by atoms with Crippen LogP contribution in [0.1, 0.15) is 17.2 Å². The predicted molar refractivity (Wildman–Crippen MR) is 73.1 cm³/mol. The van der Waals surface area contributed by atoms with Gasteiger partial charge in [0, 0.05) is 11.1 Å². The number of aliphatic hydroxyl groups is 1. The van der Waals surface area contributed by atoms with E-state index < -0.39 is 11.9 Å². The van der Waals surface area contributed by atoms with Crippen molar-refractivity contribution in [2.75, 3.05) is 0 Å². The standard InChI is InChI=1S/C15H12O6/c16-9-3-1-7(5-12(9)19)13-6-11(18)8-2-4-10(17)14(20)15(8)21-13/h1-6,11,16-20H. The van der Waals surface area contributed by atoms with E-state index in [2.05, 4.69) is 0 Å². The zero-order valence-corrected chi connectivity index (χ0v) is 10.7. The maximum absolute atomic E-state index is 10.1. The van der Waals surface area contributed by atoms with Gasteiger partial charge in [-0.15, -0.1) is 0 Å². The van der Waals surface area contributed by atoms with Crippen molar-refractivity contribution in [1.29, 1.82) is 0 Å². The van der Waals surface area contributed by atoms with Gasteiger partial charge in [0.25, 0.3) is 0 Å². The zero-order chi connectivity index (χ0) is 15.1. The van der Waals surface area contributed by atoms with Gasteiger partial charge in [-0.1, -0.05) is 0 Å². The molecule has 0 saturated carbocycles. The molecule has 1 unspecified atom stereocenters. The van der Waals surface area contributed by atoms with Crippen LogP contribution in [-0.2, 0) is 0 Å². The van der Waals surface area contributed by atoms with Crippen LogP contribution < -0.4 is 4.74 Å². The van der Waals surface area contributed by atoms with Crippen molar-refractivity contribution in [2.24, 2.45) is 0 Å². The number of aromatic hydroxyl groups is 4. The van der Waals surface area contributed by atoms with Crippen molar-refractivity contribution in [3.05, 3.63) is 47.5 Å². The highest BCUT2D eigenvalue weighted by Gasteiger charge is 2.25.